The SMILES string of the molecule is [2H]c1c([2H])c(C2c3[nH]c4c([2H])c([2H])c([2H])c([2H])c4c3C([2H])([2H])[C@]3([2H])C(=O)N(C([2H])([2H])[2H])C([2H])([2H])C(=O)N23)c([2H])c2c1OC([2H])([2H])O2.[2H]c1c([2H])c(C2c3[nH]c4c([2H])c([2H])c([2H])c([2H])c4c3C([2H])([2H])[C@]3([2H])C(=O)N(C([2H])([2H])[2H])C([2H])([2H])C(=O)N23)c([2H])c2c1OCO2.[2H]c1c([2H])c(C2c3[nH]c4ccccc4c3C([2H])([2H])[C@]3([2H])C(=O)N(C([2H])([2H])[2H])C([2H])([2H])C(=O)N23)c([2H])c2c1OC([2H])([2H])O2.[2H]c1c([2H])c(C2c3[nH]c4ccccc4c3C([2H])([2H])[C@]3([2H])C(=O)N(C([2H])([2H])[2H])C([2H])([2H])C(=O)N23)c([2H])c2c1OCO2.[2H]c1c([2H])c([2H])c2c3c([nH]c2c1[2H])C(c1ccc2c(c1)OC([2H])([2H])O2)N1C(=O)C([2H])([2H])N(C([2H])([2H])[2H])C(=O)[C@@]1([2H])C3([2H])[2H]. The van der Waals surface area contributed by atoms with E-state index in [4.69, 9.17) is 136 Å². The molecule has 10 atom stereocenters. The Bertz CT molecular complexity index is 12000. The van der Waals surface area contributed by atoms with Crippen LogP contribution in [0.25, 0.3) is 54.5 Å². The van der Waals surface area contributed by atoms with Crippen molar-refractivity contribution >= 4 is 114 Å². The molecule has 15 aromatic rings. The van der Waals surface area contributed by atoms with Crippen LogP contribution in [-0.4, -0.2) is 264 Å². The van der Waals surface area contributed by atoms with Crippen LogP contribution >= 0.6 is 0 Å². The molecule has 0 aliphatic carbocycles. The van der Waals surface area contributed by atoms with E-state index in [1.54, 1.807) is 24.3 Å². The van der Waals surface area contributed by atoms with Gasteiger partial charge in [0.25, 0.3) is 0 Å². The number of H-pyrrole nitrogens is 5. The van der Waals surface area contributed by atoms with Crippen LogP contribution in [0.4, 0.5) is 0 Å². The molecule has 730 valence electrons. The smallest absolute Gasteiger partial charge is 0.245 e. The van der Waals surface area contributed by atoms with Gasteiger partial charge in [-0.1, -0.05) is 121 Å². The molecule has 10 amide bonds. The van der Waals surface area contributed by atoms with Gasteiger partial charge in [0.2, 0.25) is 92.9 Å². The number of fused-ring (bicyclic) bond motifs is 25. The fourth-order valence-corrected chi connectivity index (χ4v) is 18.1. The summed E-state index contributed by atoms with van der Waals surface area (Å²) in [6, 6.07) is -31.0. The molecule has 0 bridgehead atoms. The maximum absolute atomic E-state index is 14.1. The maximum Gasteiger partial charge on any atom is 0.245 e. The van der Waals surface area contributed by atoms with Gasteiger partial charge in [0.05, 0.1) is 116 Å². The number of piperazine rings is 5. The van der Waals surface area contributed by atoms with Crippen LogP contribution in [0.1, 0.15) is 210 Å². The molecule has 5 aromatic heterocycles. The number of amides is 10. The number of ether oxygens (including phenoxy) is 10. The third-order valence-corrected chi connectivity index (χ3v) is 24.2. The molecule has 0 spiro atoms. The van der Waals surface area contributed by atoms with Crippen LogP contribution in [0.3, 0.4) is 0 Å². The number of likely N-dealkylation sites (N-methyl/N-ethyl adjacent to an activating group) is 5. The number of aromatic amines is 5. The Morgan fingerprint density at radius 2 is 0.538 bits per heavy atom. The van der Waals surface area contributed by atoms with Gasteiger partial charge in [-0.25, -0.2) is 0 Å². The van der Waals surface area contributed by atoms with Gasteiger partial charge in [-0.05, 0) is 146 Å². The first-order valence-electron chi connectivity index (χ1n) is 77.1. The first-order chi connectivity index (χ1) is 98.3. The lowest BCUT2D eigenvalue weighted by molar-refractivity contribution is -0.157. The Balaban J connectivity index is 0.000000124. The van der Waals surface area contributed by atoms with Gasteiger partial charge >= 0.3 is 0 Å². The molecule has 0 saturated carbocycles. The standard InChI is InChI=1S/5C22H19N3O4/c5*1-24-10-19(26)25-16(22(24)27)9-14-13-4-2-3-5-15(13)23-20(14)21(25)12-6-7-17-18(8-12)29-11-28-17/h5*2-8,16,21,23H,9-11H2,1H3/t5*16-,21?/m11111/s1/i1D3,2D,3D,4D,5D,6D,7D,8D,9D2,10D2,11D2,16D;1D3,2D,3D,4D,5D,6D,7D,8D,9D2,10D2,16D;1D3,2D,3D,4D,5D,9D2,10D2,11D2,16D;1D3,6D,7D,8D,9D2,10D2,11D2,16D;1D3,6D,7D,8D,9D2,10D2,16D. The number of nitrogens with one attached hydrogen (secondary N) is 5. The number of hydrogen-bond donors (Lipinski definition) is 5. The van der Waals surface area contributed by atoms with E-state index < -0.39 is 521 Å². The van der Waals surface area contributed by atoms with Gasteiger partial charge < -0.3 is 121 Å². The lowest BCUT2D eigenvalue weighted by Gasteiger charge is -2.46. The van der Waals surface area contributed by atoms with Crippen molar-refractivity contribution in [2.24, 2.45) is 0 Å². The topological polar surface area (TPSA) is 374 Å². The Labute approximate surface area is 925 Å². The average Bonchev–Trinajstić information content (AvgIpc) is 1.37. The molecule has 145 heavy (non-hydrogen) atoms. The van der Waals surface area contributed by atoms with Crippen LogP contribution in [0, 0.1) is 0 Å². The minimum absolute atomic E-state index is 0.0204. The Kier molecular flexibility index (Phi) is 9.66. The summed E-state index contributed by atoms with van der Waals surface area (Å²) in [7, 11) is 0. The Hall–Kier alpha value is -17.4. The largest absolute Gasteiger partial charge is 0.454 e. The summed E-state index contributed by atoms with van der Waals surface area (Å²) >= 11 is 0. The fourth-order valence-electron chi connectivity index (χ4n) is 18.1. The second kappa shape index (κ2) is 33.9. The predicted octanol–water partition coefficient (Wildman–Crippen LogP) is 11.1. The van der Waals surface area contributed by atoms with Gasteiger partial charge in [0, 0.05) is 184 Å². The average molecular weight is 2020 g/mol. The molecule has 0 radical (unpaired) electrons. The molecule has 35 nitrogen and oxygen atoms in total. The predicted molar refractivity (Wildman–Crippen MR) is 523 cm³/mol. The quantitative estimate of drug-likeness (QED) is 0.107. The van der Waals surface area contributed by atoms with Gasteiger partial charge in [-0.3, -0.25) is 47.9 Å². The van der Waals surface area contributed by atoms with Crippen LogP contribution in [-0.2, 0) is 79.8 Å². The number of carbonyl (C=O) groups excluding carboxylic acids is 10. The first-order valence-corrected chi connectivity index (χ1v) is 42.1. The number of aromatic nitrogens is 5. The van der Waals surface area contributed by atoms with Crippen molar-refractivity contribution in [3.63, 3.8) is 0 Å². The molecule has 5 saturated heterocycles. The zero-order chi connectivity index (χ0) is 160. The van der Waals surface area contributed by atoms with Gasteiger partial charge in [-0.2, -0.15) is 0 Å². The van der Waals surface area contributed by atoms with Crippen LogP contribution in [0.5, 0.6) is 57.5 Å². The van der Waals surface area contributed by atoms with Crippen molar-refractivity contribution in [1.82, 2.24) is 73.9 Å². The second-order valence-electron chi connectivity index (χ2n) is 32.1. The molecular formula is C110H95N15O20. The van der Waals surface area contributed by atoms with E-state index in [1.165, 1.54) is 36.4 Å². The molecule has 35 heteroatoms. The number of rotatable bonds is 5. The molecule has 30 rings (SSSR count). The minimum atomic E-state index is -3.80. The van der Waals surface area contributed by atoms with Crippen molar-refractivity contribution in [2.45, 2.75) is 92.2 Å². The van der Waals surface area contributed by atoms with E-state index in [0.29, 0.717) is 5.52 Å². The van der Waals surface area contributed by atoms with E-state index in [0.717, 1.165) is 6.07 Å². The Morgan fingerprint density at radius 1 is 0.276 bits per heavy atom. The van der Waals surface area contributed by atoms with E-state index >= 15 is 0 Å². The highest BCUT2D eigenvalue weighted by molar-refractivity contribution is 6.03. The molecule has 20 heterocycles. The molecule has 15 aliphatic heterocycles. The monoisotopic (exact) mass is 2020 g/mol. The molecular weight excluding hydrogens is 1850 g/mol. The maximum atomic E-state index is 14.1. The van der Waals surface area contributed by atoms with Crippen molar-refractivity contribution in [3.05, 3.63) is 296 Å². The van der Waals surface area contributed by atoms with Crippen molar-refractivity contribution in [1.29, 1.82) is 0 Å². The summed E-state index contributed by atoms with van der Waals surface area (Å²) in [5.74, 6) is -23.4. The highest BCUT2D eigenvalue weighted by Gasteiger charge is 2.55. The number of benzene rings is 10. The van der Waals surface area contributed by atoms with E-state index in [-0.39, 0.29) is 116 Å². The molecule has 5 fully saturated rings. The third kappa shape index (κ3) is 14.2. The molecule has 5 unspecified atom stereocenters. The number of nitrogens with zero attached hydrogens (tertiary/aromatic N) is 10. The summed E-state index contributed by atoms with van der Waals surface area (Å²) in [6.07, 6.45) is -16.8. The van der Waals surface area contributed by atoms with E-state index in [1.807, 2.05) is 0 Å². The van der Waals surface area contributed by atoms with Crippen molar-refractivity contribution in [3.8, 4) is 57.5 Å². The Morgan fingerprint density at radius 3 is 0.869 bits per heavy atom. The van der Waals surface area contributed by atoms with Gasteiger partial charge in [-0.15, -0.1) is 0 Å². The summed E-state index contributed by atoms with van der Waals surface area (Å²) in [5, 5.41) is -1.36. The van der Waals surface area contributed by atoms with E-state index in [2.05, 4.69) is 24.9 Å². The normalized spacial score (nSPS) is 37.3. The van der Waals surface area contributed by atoms with Crippen molar-refractivity contribution < 1.29 is 191 Å². The molecule has 5 N–H and O–H groups in total. The van der Waals surface area contributed by atoms with Crippen LogP contribution in [0.15, 0.2) is 212 Å². The first kappa shape index (κ1) is 41.3. The lowest BCUT2D eigenvalue weighted by Crippen LogP contribution is -2.62. The third-order valence-electron chi connectivity index (χ3n) is 24.2. The highest BCUT2D eigenvalue weighted by atomic mass is 16.7. The lowest BCUT2D eigenvalue weighted by atomic mass is 9.86. The number of para-hydroxylation sites is 5. The van der Waals surface area contributed by atoms with Crippen molar-refractivity contribution in [2.75, 3.05) is 101 Å². The van der Waals surface area contributed by atoms with E-state index in [9.17, 15) is 54.8 Å². The van der Waals surface area contributed by atoms with Gasteiger partial charge in [0.1, 0.15) is 38.3 Å². The second-order valence-corrected chi connectivity index (χ2v) is 32.1. The molecule has 10 aromatic carbocycles. The summed E-state index contributed by atoms with van der Waals surface area (Å²) in [4.78, 5) is 152. The molecule has 15 aliphatic rings. The minimum Gasteiger partial charge on any atom is -0.454 e. The zero-order valence-electron chi connectivity index (χ0n) is 142. The van der Waals surface area contributed by atoms with Crippen LogP contribution < -0.4 is 47.4 Å². The van der Waals surface area contributed by atoms with Gasteiger partial charge in [0.15, 0.2) is 57.5 Å². The van der Waals surface area contributed by atoms with Crippen LogP contribution in [0.2, 0.25) is 0 Å². The summed E-state index contributed by atoms with van der Waals surface area (Å²) < 4.78 is 638. The highest BCUT2D eigenvalue weighted by Crippen LogP contribution is 2.53. The number of hydrogen-bond acceptors (Lipinski definition) is 20. The number of carbonyl (C=O) groups is 10. The fraction of sp³-hybridized carbons (Fsp3) is 0.273. The summed E-state index contributed by atoms with van der Waals surface area (Å²) in [6.45, 7) is -45.9. The summed E-state index contributed by atoms with van der Waals surface area (Å²) in [5.41, 5.74) is -8.49. The zero-order valence-corrected chi connectivity index (χ0v) is 71.8.